The number of hydrogen-bond donors (Lipinski definition) is 2. The van der Waals surface area contributed by atoms with Crippen LogP contribution in [0.5, 0.6) is 0 Å². The summed E-state index contributed by atoms with van der Waals surface area (Å²) in [6.45, 7) is 0. The number of thiol groups is 1. The van der Waals surface area contributed by atoms with Crippen LogP contribution in [0.15, 0.2) is 58.7 Å². The van der Waals surface area contributed by atoms with E-state index >= 15 is 0 Å². The minimum Gasteiger partial charge on any atom is -0.261 e. The van der Waals surface area contributed by atoms with E-state index in [0.29, 0.717) is 0 Å². The normalized spacial score (nSPS) is 10.6. The lowest BCUT2D eigenvalue weighted by Gasteiger charge is -1.99. The molecule has 1 heterocycles. The average Bonchev–Trinajstić information content (AvgIpc) is 2.33. The molecule has 1 N–H and O–H groups in total. The third kappa shape index (κ3) is 2.84. The Kier molecular flexibility index (Phi) is 3.56. The highest BCUT2D eigenvalue weighted by atomic mass is 32.1. The van der Waals surface area contributed by atoms with Crippen LogP contribution in [0.1, 0.15) is 5.56 Å². The highest BCUT2D eigenvalue weighted by Gasteiger charge is 1.92. The molecule has 1 aromatic carbocycles. The summed E-state index contributed by atoms with van der Waals surface area (Å²) in [5, 5.41) is 4.09. The lowest BCUT2D eigenvalue weighted by atomic mass is 10.2. The fourth-order valence-corrected chi connectivity index (χ4v) is 1.41. The highest BCUT2D eigenvalue weighted by molar-refractivity contribution is 7.80. The molecule has 0 bridgehead atoms. The first-order valence-corrected chi connectivity index (χ1v) is 5.29. The van der Waals surface area contributed by atoms with Crippen molar-refractivity contribution in [2.24, 2.45) is 5.10 Å². The molecular formula is C12H11N3S. The molecule has 0 spiro atoms. The topological polar surface area (TPSA) is 37.3 Å². The molecule has 0 aliphatic rings. The maximum atomic E-state index is 4.32. The zero-order chi connectivity index (χ0) is 11.2. The van der Waals surface area contributed by atoms with Crippen LogP contribution in [-0.2, 0) is 0 Å². The van der Waals surface area contributed by atoms with E-state index in [1.54, 1.807) is 12.4 Å². The standard InChI is InChI=1S/C12H11N3S/c16-11-6-2-1-5-10(11)9-14-15-12-7-3-4-8-13-12/h1-9,16H,(H,13,15). The molecule has 2 aromatic rings. The van der Waals surface area contributed by atoms with Crippen LogP contribution in [0, 0.1) is 0 Å². The van der Waals surface area contributed by atoms with Crippen LogP contribution in [0.2, 0.25) is 0 Å². The monoisotopic (exact) mass is 229 g/mol. The summed E-state index contributed by atoms with van der Waals surface area (Å²) in [7, 11) is 0. The summed E-state index contributed by atoms with van der Waals surface area (Å²) in [4.78, 5) is 4.99. The van der Waals surface area contributed by atoms with Crippen molar-refractivity contribution in [1.29, 1.82) is 0 Å². The van der Waals surface area contributed by atoms with E-state index in [1.807, 2.05) is 42.5 Å². The molecular weight excluding hydrogens is 218 g/mol. The molecule has 0 aliphatic heterocycles. The Balaban J connectivity index is 2.03. The second kappa shape index (κ2) is 5.32. The molecule has 1 aromatic heterocycles. The number of benzene rings is 1. The van der Waals surface area contributed by atoms with Gasteiger partial charge in [-0.25, -0.2) is 4.98 Å². The van der Waals surface area contributed by atoms with Crippen molar-refractivity contribution in [2.45, 2.75) is 4.90 Å². The van der Waals surface area contributed by atoms with E-state index in [2.05, 4.69) is 28.1 Å². The molecule has 4 heteroatoms. The number of rotatable bonds is 3. The zero-order valence-corrected chi connectivity index (χ0v) is 9.43. The van der Waals surface area contributed by atoms with Gasteiger partial charge in [-0.3, -0.25) is 5.43 Å². The van der Waals surface area contributed by atoms with Crippen molar-refractivity contribution < 1.29 is 0 Å². The Labute approximate surface area is 99.6 Å². The molecule has 0 unspecified atom stereocenters. The maximum Gasteiger partial charge on any atom is 0.146 e. The van der Waals surface area contributed by atoms with E-state index in [-0.39, 0.29) is 0 Å². The maximum absolute atomic E-state index is 4.32. The SMILES string of the molecule is Sc1ccccc1C=NNc1ccccn1. The number of pyridine rings is 1. The molecule has 0 radical (unpaired) electrons. The van der Waals surface area contributed by atoms with Gasteiger partial charge < -0.3 is 0 Å². The number of nitrogens with zero attached hydrogens (tertiary/aromatic N) is 2. The minimum atomic E-state index is 0.718. The first-order chi connectivity index (χ1) is 7.86. The molecule has 16 heavy (non-hydrogen) atoms. The smallest absolute Gasteiger partial charge is 0.146 e. The van der Waals surface area contributed by atoms with Crippen LogP contribution in [0.4, 0.5) is 5.82 Å². The molecule has 2 rings (SSSR count). The van der Waals surface area contributed by atoms with Gasteiger partial charge in [-0.2, -0.15) is 5.10 Å². The molecule has 0 fully saturated rings. The number of nitrogens with one attached hydrogen (secondary N) is 1. The number of hydrogen-bond acceptors (Lipinski definition) is 4. The molecule has 0 aliphatic carbocycles. The van der Waals surface area contributed by atoms with Gasteiger partial charge in [-0.1, -0.05) is 24.3 Å². The second-order valence-corrected chi connectivity index (χ2v) is 3.63. The van der Waals surface area contributed by atoms with Gasteiger partial charge in [0.25, 0.3) is 0 Å². The Morgan fingerprint density at radius 2 is 1.94 bits per heavy atom. The van der Waals surface area contributed by atoms with Crippen LogP contribution < -0.4 is 5.43 Å². The van der Waals surface area contributed by atoms with E-state index in [4.69, 9.17) is 0 Å². The molecule has 0 amide bonds. The van der Waals surface area contributed by atoms with Gasteiger partial charge in [0.05, 0.1) is 6.21 Å². The van der Waals surface area contributed by atoms with Gasteiger partial charge >= 0.3 is 0 Å². The first-order valence-electron chi connectivity index (χ1n) is 4.84. The summed E-state index contributed by atoms with van der Waals surface area (Å²) in [6.07, 6.45) is 3.43. The minimum absolute atomic E-state index is 0.718. The summed E-state index contributed by atoms with van der Waals surface area (Å²) in [5.41, 5.74) is 3.81. The van der Waals surface area contributed by atoms with Crippen LogP contribution in [0.25, 0.3) is 0 Å². The molecule has 0 saturated heterocycles. The fourth-order valence-electron chi connectivity index (χ4n) is 1.19. The summed E-state index contributed by atoms with van der Waals surface area (Å²) in [6, 6.07) is 13.4. The number of aromatic nitrogens is 1. The Bertz CT molecular complexity index is 483. The summed E-state index contributed by atoms with van der Waals surface area (Å²) < 4.78 is 0. The van der Waals surface area contributed by atoms with Crippen LogP contribution >= 0.6 is 12.6 Å². The average molecular weight is 229 g/mol. The second-order valence-electron chi connectivity index (χ2n) is 3.14. The highest BCUT2D eigenvalue weighted by Crippen LogP contribution is 2.10. The first kappa shape index (κ1) is 10.7. The van der Waals surface area contributed by atoms with Gasteiger partial charge in [0, 0.05) is 16.7 Å². The van der Waals surface area contributed by atoms with Gasteiger partial charge in [0.15, 0.2) is 0 Å². The van der Waals surface area contributed by atoms with E-state index in [1.165, 1.54) is 0 Å². The lowest BCUT2D eigenvalue weighted by Crippen LogP contribution is -1.92. The van der Waals surface area contributed by atoms with Gasteiger partial charge in [0.2, 0.25) is 0 Å². The van der Waals surface area contributed by atoms with Crippen LogP contribution in [-0.4, -0.2) is 11.2 Å². The zero-order valence-electron chi connectivity index (χ0n) is 8.54. The van der Waals surface area contributed by atoms with Crippen molar-refractivity contribution >= 4 is 24.7 Å². The molecule has 0 atom stereocenters. The van der Waals surface area contributed by atoms with Crippen LogP contribution in [0.3, 0.4) is 0 Å². The van der Waals surface area contributed by atoms with Crippen molar-refractivity contribution in [3.63, 3.8) is 0 Å². The number of hydrazone groups is 1. The third-order valence-corrected chi connectivity index (χ3v) is 2.39. The molecule has 80 valence electrons. The largest absolute Gasteiger partial charge is 0.261 e. The predicted octanol–water partition coefficient (Wildman–Crippen LogP) is 2.82. The molecule has 3 nitrogen and oxygen atoms in total. The Hall–Kier alpha value is -1.81. The lowest BCUT2D eigenvalue weighted by molar-refractivity contribution is 1.23. The van der Waals surface area contributed by atoms with Crippen molar-refractivity contribution in [1.82, 2.24) is 4.98 Å². The summed E-state index contributed by atoms with van der Waals surface area (Å²) >= 11 is 4.32. The van der Waals surface area contributed by atoms with E-state index in [9.17, 15) is 0 Å². The van der Waals surface area contributed by atoms with Gasteiger partial charge in [0.1, 0.15) is 5.82 Å². The summed E-state index contributed by atoms with van der Waals surface area (Å²) in [5.74, 6) is 0.718. The van der Waals surface area contributed by atoms with Gasteiger partial charge in [-0.15, -0.1) is 12.6 Å². The van der Waals surface area contributed by atoms with E-state index < -0.39 is 0 Å². The van der Waals surface area contributed by atoms with Crippen molar-refractivity contribution in [2.75, 3.05) is 5.43 Å². The fraction of sp³-hybridized carbons (Fsp3) is 0. The van der Waals surface area contributed by atoms with E-state index in [0.717, 1.165) is 16.3 Å². The molecule has 0 saturated carbocycles. The Morgan fingerprint density at radius 3 is 2.69 bits per heavy atom. The van der Waals surface area contributed by atoms with Gasteiger partial charge in [-0.05, 0) is 18.2 Å². The predicted molar refractivity (Wildman–Crippen MR) is 69.1 cm³/mol. The third-order valence-electron chi connectivity index (χ3n) is 1.98. The van der Waals surface area contributed by atoms with Crippen molar-refractivity contribution in [3.8, 4) is 0 Å². The number of anilines is 1. The van der Waals surface area contributed by atoms with Crippen molar-refractivity contribution in [3.05, 3.63) is 54.2 Å². The quantitative estimate of drug-likeness (QED) is 0.482. The Morgan fingerprint density at radius 1 is 1.12 bits per heavy atom.